The molecular formula is C25H24N2O3. The smallest absolute Gasteiger partial charge is 0.161 e. The van der Waals surface area contributed by atoms with Crippen molar-refractivity contribution in [1.82, 2.24) is 0 Å². The first-order valence-corrected chi connectivity index (χ1v) is 9.78. The summed E-state index contributed by atoms with van der Waals surface area (Å²) in [6.07, 6.45) is 1.61. The summed E-state index contributed by atoms with van der Waals surface area (Å²) in [5, 5.41) is 13.1. The fourth-order valence-electron chi connectivity index (χ4n) is 2.92. The van der Waals surface area contributed by atoms with Gasteiger partial charge < -0.3 is 14.3 Å². The van der Waals surface area contributed by atoms with E-state index in [9.17, 15) is 0 Å². The SMILES string of the molecule is CCOc1cc(/C=N\OCc2ccccc2C#N)ccc1OCc1cccc(C)c1. The van der Waals surface area contributed by atoms with Crippen LogP contribution in [0.3, 0.4) is 0 Å². The molecule has 0 heterocycles. The van der Waals surface area contributed by atoms with Crippen LogP contribution in [-0.2, 0) is 18.1 Å². The topological polar surface area (TPSA) is 63.8 Å². The molecule has 0 saturated carbocycles. The maximum absolute atomic E-state index is 9.12. The Bertz CT molecular complexity index is 1050. The molecule has 0 atom stereocenters. The van der Waals surface area contributed by atoms with E-state index in [0.717, 1.165) is 16.7 Å². The van der Waals surface area contributed by atoms with Crippen molar-refractivity contribution in [3.63, 3.8) is 0 Å². The third-order valence-corrected chi connectivity index (χ3v) is 4.38. The van der Waals surface area contributed by atoms with Crippen molar-refractivity contribution in [3.05, 3.63) is 94.5 Å². The number of oxime groups is 1. The van der Waals surface area contributed by atoms with Crippen LogP contribution in [0, 0.1) is 18.3 Å². The lowest BCUT2D eigenvalue weighted by molar-refractivity contribution is 0.132. The van der Waals surface area contributed by atoms with E-state index in [2.05, 4.69) is 30.3 Å². The monoisotopic (exact) mass is 400 g/mol. The first-order valence-electron chi connectivity index (χ1n) is 9.78. The van der Waals surface area contributed by atoms with Gasteiger partial charge in [0, 0.05) is 11.1 Å². The average Bonchev–Trinajstić information content (AvgIpc) is 2.76. The zero-order valence-electron chi connectivity index (χ0n) is 17.2. The van der Waals surface area contributed by atoms with Crippen LogP contribution in [0.1, 0.15) is 34.7 Å². The highest BCUT2D eigenvalue weighted by molar-refractivity contribution is 5.80. The number of rotatable bonds is 9. The molecular weight excluding hydrogens is 376 g/mol. The molecule has 0 aromatic heterocycles. The fraction of sp³-hybridized carbons (Fsp3) is 0.200. The van der Waals surface area contributed by atoms with Gasteiger partial charge in [0.25, 0.3) is 0 Å². The zero-order valence-corrected chi connectivity index (χ0v) is 17.2. The van der Waals surface area contributed by atoms with Gasteiger partial charge in [0.1, 0.15) is 13.2 Å². The molecule has 0 radical (unpaired) electrons. The first-order chi connectivity index (χ1) is 14.7. The van der Waals surface area contributed by atoms with E-state index in [4.69, 9.17) is 19.6 Å². The Morgan fingerprint density at radius 2 is 1.80 bits per heavy atom. The second-order valence-corrected chi connectivity index (χ2v) is 6.69. The molecule has 0 fully saturated rings. The molecule has 3 rings (SSSR count). The van der Waals surface area contributed by atoms with Crippen LogP contribution < -0.4 is 9.47 Å². The summed E-state index contributed by atoms with van der Waals surface area (Å²) in [7, 11) is 0. The lowest BCUT2D eigenvalue weighted by Crippen LogP contribution is -2.00. The van der Waals surface area contributed by atoms with Crippen molar-refractivity contribution >= 4 is 6.21 Å². The van der Waals surface area contributed by atoms with Crippen LogP contribution in [0.2, 0.25) is 0 Å². The van der Waals surface area contributed by atoms with Crippen LogP contribution in [0.4, 0.5) is 0 Å². The standard InChI is InChI=1S/C25H24N2O3/c1-3-28-25-14-20(16-27-30-18-23-10-5-4-9-22(23)15-26)11-12-24(25)29-17-21-8-6-7-19(2)13-21/h4-14,16H,3,17-18H2,1-2H3/b27-16-. The van der Waals surface area contributed by atoms with E-state index < -0.39 is 0 Å². The Morgan fingerprint density at radius 3 is 2.60 bits per heavy atom. The second-order valence-electron chi connectivity index (χ2n) is 6.69. The van der Waals surface area contributed by atoms with Crippen LogP contribution in [-0.4, -0.2) is 12.8 Å². The lowest BCUT2D eigenvalue weighted by atomic mass is 10.1. The third kappa shape index (κ3) is 5.86. The van der Waals surface area contributed by atoms with Crippen molar-refractivity contribution in [2.45, 2.75) is 27.1 Å². The predicted molar refractivity (Wildman–Crippen MR) is 117 cm³/mol. The van der Waals surface area contributed by atoms with E-state index in [1.807, 2.05) is 55.5 Å². The molecule has 0 saturated heterocycles. The Hall–Kier alpha value is -3.78. The largest absolute Gasteiger partial charge is 0.490 e. The molecule has 0 amide bonds. The van der Waals surface area contributed by atoms with E-state index >= 15 is 0 Å². The molecule has 0 aliphatic heterocycles. The first kappa shape index (κ1) is 20.9. The molecule has 3 aromatic rings. The van der Waals surface area contributed by atoms with Crippen LogP contribution in [0.5, 0.6) is 11.5 Å². The Kier molecular flexibility index (Phi) is 7.45. The molecule has 0 aliphatic rings. The number of benzene rings is 3. The van der Waals surface area contributed by atoms with Crippen LogP contribution in [0.15, 0.2) is 71.9 Å². The van der Waals surface area contributed by atoms with Crippen LogP contribution in [0.25, 0.3) is 0 Å². The highest BCUT2D eigenvalue weighted by Crippen LogP contribution is 2.29. The minimum Gasteiger partial charge on any atom is -0.490 e. The summed E-state index contributed by atoms with van der Waals surface area (Å²) >= 11 is 0. The molecule has 30 heavy (non-hydrogen) atoms. The Morgan fingerprint density at radius 1 is 0.933 bits per heavy atom. The lowest BCUT2D eigenvalue weighted by Gasteiger charge is -2.13. The van der Waals surface area contributed by atoms with Crippen molar-refractivity contribution < 1.29 is 14.3 Å². The highest BCUT2D eigenvalue weighted by atomic mass is 16.6. The highest BCUT2D eigenvalue weighted by Gasteiger charge is 2.07. The summed E-state index contributed by atoms with van der Waals surface area (Å²) in [6, 6.07) is 23.3. The van der Waals surface area contributed by atoms with Gasteiger partial charge in [0.2, 0.25) is 0 Å². The minimum atomic E-state index is 0.232. The minimum absolute atomic E-state index is 0.232. The second kappa shape index (κ2) is 10.7. The van der Waals surface area contributed by atoms with Crippen molar-refractivity contribution in [2.24, 2.45) is 5.16 Å². The maximum atomic E-state index is 9.12. The third-order valence-electron chi connectivity index (χ3n) is 4.38. The van der Waals surface area contributed by atoms with Gasteiger partial charge in [0.15, 0.2) is 11.5 Å². The van der Waals surface area contributed by atoms with Gasteiger partial charge in [0.05, 0.1) is 24.5 Å². The van der Waals surface area contributed by atoms with Crippen molar-refractivity contribution in [3.8, 4) is 17.6 Å². The van der Waals surface area contributed by atoms with Gasteiger partial charge in [-0.15, -0.1) is 0 Å². The molecule has 152 valence electrons. The van der Waals surface area contributed by atoms with Gasteiger partial charge in [-0.3, -0.25) is 0 Å². The Balaban J connectivity index is 1.63. The number of hydrogen-bond donors (Lipinski definition) is 0. The van der Waals surface area contributed by atoms with Crippen molar-refractivity contribution in [1.29, 1.82) is 5.26 Å². The molecule has 0 unspecified atom stereocenters. The van der Waals surface area contributed by atoms with E-state index in [-0.39, 0.29) is 6.61 Å². The molecule has 5 heteroatoms. The number of hydrogen-bond acceptors (Lipinski definition) is 5. The fourth-order valence-corrected chi connectivity index (χ4v) is 2.92. The van der Waals surface area contributed by atoms with Gasteiger partial charge in [-0.25, -0.2) is 0 Å². The summed E-state index contributed by atoms with van der Waals surface area (Å²) in [4.78, 5) is 5.36. The Labute approximate surface area is 177 Å². The molecule has 3 aromatic carbocycles. The van der Waals surface area contributed by atoms with E-state index in [1.165, 1.54) is 5.56 Å². The van der Waals surface area contributed by atoms with Gasteiger partial charge in [-0.05, 0) is 43.7 Å². The van der Waals surface area contributed by atoms with E-state index in [1.54, 1.807) is 12.3 Å². The maximum Gasteiger partial charge on any atom is 0.161 e. The average molecular weight is 400 g/mol. The predicted octanol–water partition coefficient (Wildman–Crippen LogP) is 5.40. The van der Waals surface area contributed by atoms with Crippen LogP contribution >= 0.6 is 0 Å². The summed E-state index contributed by atoms with van der Waals surface area (Å²) in [5.41, 5.74) is 4.52. The number of nitriles is 1. The molecule has 0 aliphatic carbocycles. The number of ether oxygens (including phenoxy) is 2. The molecule has 0 spiro atoms. The quantitative estimate of drug-likeness (QED) is 0.357. The molecule has 5 nitrogen and oxygen atoms in total. The zero-order chi connectivity index (χ0) is 21.2. The number of nitrogens with zero attached hydrogens (tertiary/aromatic N) is 2. The van der Waals surface area contributed by atoms with E-state index in [0.29, 0.717) is 30.3 Å². The van der Waals surface area contributed by atoms with Gasteiger partial charge >= 0.3 is 0 Å². The summed E-state index contributed by atoms with van der Waals surface area (Å²) in [6.45, 7) is 5.22. The van der Waals surface area contributed by atoms with Gasteiger partial charge in [-0.1, -0.05) is 53.2 Å². The number of aryl methyl sites for hydroxylation is 1. The van der Waals surface area contributed by atoms with Crippen molar-refractivity contribution in [2.75, 3.05) is 6.61 Å². The molecule has 0 bridgehead atoms. The molecule has 0 N–H and O–H groups in total. The summed E-state index contributed by atoms with van der Waals surface area (Å²) < 4.78 is 11.7. The summed E-state index contributed by atoms with van der Waals surface area (Å²) in [5.74, 6) is 1.34. The van der Waals surface area contributed by atoms with Gasteiger partial charge in [-0.2, -0.15) is 5.26 Å². The normalized spacial score (nSPS) is 10.6.